The lowest BCUT2D eigenvalue weighted by atomic mass is 10.1. The van der Waals surface area contributed by atoms with Gasteiger partial charge in [0.25, 0.3) is 5.91 Å². The lowest BCUT2D eigenvalue weighted by Gasteiger charge is -2.27. The highest BCUT2D eigenvalue weighted by molar-refractivity contribution is 6.01. The van der Waals surface area contributed by atoms with Gasteiger partial charge in [0.15, 0.2) is 0 Å². The molecular weight excluding hydrogens is 478 g/mol. The quantitative estimate of drug-likeness (QED) is 0.154. The maximum Gasteiger partial charge on any atom is 0.343 e. The van der Waals surface area contributed by atoms with E-state index in [4.69, 9.17) is 25.4 Å². The molecule has 0 aromatic heterocycles. The number of carbonyl (C=O) groups is 4. The van der Waals surface area contributed by atoms with E-state index < -0.39 is 36.4 Å². The summed E-state index contributed by atoms with van der Waals surface area (Å²) >= 11 is 0. The third-order valence-corrected chi connectivity index (χ3v) is 5.20. The molecule has 2 aromatic rings. The summed E-state index contributed by atoms with van der Waals surface area (Å²) in [5.41, 5.74) is 7.10. The number of amides is 1. The van der Waals surface area contributed by atoms with Gasteiger partial charge in [-0.3, -0.25) is 15.0 Å². The minimum absolute atomic E-state index is 0.0883. The van der Waals surface area contributed by atoms with E-state index in [1.54, 1.807) is 75.4 Å². The third-order valence-electron chi connectivity index (χ3n) is 5.20. The highest BCUT2D eigenvalue weighted by Gasteiger charge is 2.30. The molecule has 0 bridgehead atoms. The highest BCUT2D eigenvalue weighted by atomic mass is 16.5. The first-order valence-corrected chi connectivity index (χ1v) is 11.7. The van der Waals surface area contributed by atoms with Crippen molar-refractivity contribution >= 4 is 35.7 Å². The van der Waals surface area contributed by atoms with E-state index >= 15 is 0 Å². The smallest absolute Gasteiger partial charge is 0.343 e. The van der Waals surface area contributed by atoms with E-state index in [1.165, 1.54) is 6.92 Å². The van der Waals surface area contributed by atoms with Gasteiger partial charge in [-0.15, -0.1) is 0 Å². The molecule has 196 valence electrons. The molecule has 0 aliphatic carbocycles. The molecule has 0 saturated heterocycles. The van der Waals surface area contributed by atoms with E-state index in [1.807, 2.05) is 0 Å². The molecule has 2 rings (SSSR count). The summed E-state index contributed by atoms with van der Waals surface area (Å²) in [5.74, 6) is -2.17. The summed E-state index contributed by atoms with van der Waals surface area (Å²) in [6, 6.07) is 11.6. The molecule has 0 radical (unpaired) electrons. The van der Waals surface area contributed by atoms with Crippen LogP contribution in [0.3, 0.4) is 0 Å². The standard InChI is InChI=1S/C27H31N3O7/c1-5-35-23(31)16-30(18(4)26(33)36-6-2)25(32)17(3)15-19-7-9-21(10-8-19)27(34)37-22-13-11-20(12-14-22)24(28)29/h7-15,18H,5-6,16H2,1-4H3,(H3,28,29)/t18-/m0/s1. The summed E-state index contributed by atoms with van der Waals surface area (Å²) in [6.07, 6.45) is 1.58. The average Bonchev–Trinajstić information content (AvgIpc) is 2.87. The van der Waals surface area contributed by atoms with Gasteiger partial charge in [-0.25, -0.2) is 9.59 Å². The summed E-state index contributed by atoms with van der Waals surface area (Å²) in [4.78, 5) is 51.0. The molecule has 10 heteroatoms. The number of nitrogen functional groups attached to an aromatic ring is 1. The maximum atomic E-state index is 13.1. The topological polar surface area (TPSA) is 149 Å². The monoisotopic (exact) mass is 509 g/mol. The van der Waals surface area contributed by atoms with Crippen molar-refractivity contribution in [2.24, 2.45) is 5.73 Å². The molecule has 2 aromatic carbocycles. The zero-order valence-corrected chi connectivity index (χ0v) is 21.3. The lowest BCUT2D eigenvalue weighted by Crippen LogP contribution is -2.47. The van der Waals surface area contributed by atoms with Crippen molar-refractivity contribution in [1.82, 2.24) is 4.90 Å². The van der Waals surface area contributed by atoms with Crippen LogP contribution < -0.4 is 10.5 Å². The fourth-order valence-corrected chi connectivity index (χ4v) is 3.24. The van der Waals surface area contributed by atoms with Gasteiger partial charge in [0.1, 0.15) is 24.2 Å². The van der Waals surface area contributed by atoms with Crippen molar-refractivity contribution in [3.8, 4) is 5.75 Å². The van der Waals surface area contributed by atoms with Gasteiger partial charge < -0.3 is 24.8 Å². The van der Waals surface area contributed by atoms with Gasteiger partial charge in [0.2, 0.25) is 0 Å². The van der Waals surface area contributed by atoms with E-state index in [9.17, 15) is 19.2 Å². The number of hydrogen-bond acceptors (Lipinski definition) is 8. The fourth-order valence-electron chi connectivity index (χ4n) is 3.24. The zero-order valence-electron chi connectivity index (χ0n) is 21.3. The minimum Gasteiger partial charge on any atom is -0.465 e. The van der Waals surface area contributed by atoms with Crippen LogP contribution >= 0.6 is 0 Å². The van der Waals surface area contributed by atoms with Crippen LogP contribution in [0.1, 0.15) is 49.2 Å². The van der Waals surface area contributed by atoms with Crippen LogP contribution in [-0.2, 0) is 23.9 Å². The Morgan fingerprint density at radius 3 is 2.05 bits per heavy atom. The number of hydrogen-bond donors (Lipinski definition) is 2. The Balaban J connectivity index is 2.15. The average molecular weight is 510 g/mol. The van der Waals surface area contributed by atoms with Crippen molar-refractivity contribution in [3.05, 3.63) is 70.8 Å². The molecule has 3 N–H and O–H groups in total. The summed E-state index contributed by atoms with van der Waals surface area (Å²) < 4.78 is 15.3. The molecule has 0 aliphatic heterocycles. The van der Waals surface area contributed by atoms with Gasteiger partial charge in [0.05, 0.1) is 18.8 Å². The summed E-state index contributed by atoms with van der Waals surface area (Å²) in [7, 11) is 0. The van der Waals surface area contributed by atoms with Gasteiger partial charge in [-0.05, 0) is 75.7 Å². The van der Waals surface area contributed by atoms with Crippen LogP contribution in [-0.4, -0.2) is 60.4 Å². The van der Waals surface area contributed by atoms with Gasteiger partial charge in [-0.1, -0.05) is 12.1 Å². The van der Waals surface area contributed by atoms with Crippen LogP contribution in [0.4, 0.5) is 0 Å². The SMILES string of the molecule is CCOC(=O)CN(C(=O)C(C)=Cc1ccc(C(=O)Oc2ccc(C(=N)N)cc2)cc1)[C@@H](C)C(=O)OCC. The second-order valence-corrected chi connectivity index (χ2v) is 7.94. The normalized spacial score (nSPS) is 11.7. The number of benzene rings is 2. The van der Waals surface area contributed by atoms with Crippen molar-refractivity contribution in [2.45, 2.75) is 33.7 Å². The van der Waals surface area contributed by atoms with E-state index in [-0.39, 0.29) is 30.2 Å². The minimum atomic E-state index is -0.998. The highest BCUT2D eigenvalue weighted by Crippen LogP contribution is 2.17. The molecule has 10 nitrogen and oxygen atoms in total. The Bertz CT molecular complexity index is 1170. The molecule has 1 amide bonds. The maximum absolute atomic E-state index is 13.1. The van der Waals surface area contributed by atoms with Crippen LogP contribution in [0.5, 0.6) is 5.75 Å². The van der Waals surface area contributed by atoms with Crippen LogP contribution in [0.2, 0.25) is 0 Å². The third kappa shape index (κ3) is 8.31. The van der Waals surface area contributed by atoms with Crippen molar-refractivity contribution in [2.75, 3.05) is 19.8 Å². The number of nitrogens with one attached hydrogen (secondary N) is 1. The molecule has 1 atom stereocenters. The van der Waals surface area contributed by atoms with E-state index in [2.05, 4.69) is 0 Å². The lowest BCUT2D eigenvalue weighted by molar-refractivity contribution is -0.157. The predicted molar refractivity (Wildman–Crippen MR) is 137 cm³/mol. The molecule has 0 heterocycles. The number of rotatable bonds is 11. The number of nitrogens with zero attached hydrogens (tertiary/aromatic N) is 1. The Morgan fingerprint density at radius 2 is 1.51 bits per heavy atom. The second kappa shape index (κ2) is 13.6. The van der Waals surface area contributed by atoms with Crippen LogP contribution in [0, 0.1) is 5.41 Å². The van der Waals surface area contributed by atoms with Gasteiger partial charge >= 0.3 is 17.9 Å². The first-order chi connectivity index (χ1) is 17.6. The largest absolute Gasteiger partial charge is 0.465 e. The van der Waals surface area contributed by atoms with Crippen molar-refractivity contribution < 1.29 is 33.4 Å². The molecule has 37 heavy (non-hydrogen) atoms. The molecule has 0 unspecified atom stereocenters. The molecular formula is C27H31N3O7. The fraction of sp³-hybridized carbons (Fsp3) is 0.296. The number of amidine groups is 1. The van der Waals surface area contributed by atoms with Gasteiger partial charge in [0, 0.05) is 11.1 Å². The van der Waals surface area contributed by atoms with Crippen molar-refractivity contribution in [3.63, 3.8) is 0 Å². The van der Waals surface area contributed by atoms with Crippen LogP contribution in [0.25, 0.3) is 6.08 Å². The number of nitrogens with two attached hydrogens (primary N) is 1. The summed E-state index contributed by atoms with van der Waals surface area (Å²) in [6.45, 7) is 6.21. The predicted octanol–water partition coefficient (Wildman–Crippen LogP) is 2.94. The molecule has 0 fully saturated rings. The number of carbonyl (C=O) groups excluding carboxylic acids is 4. The Labute approximate surface area is 215 Å². The van der Waals surface area contributed by atoms with Crippen molar-refractivity contribution in [1.29, 1.82) is 5.41 Å². The zero-order chi connectivity index (χ0) is 27.5. The van der Waals surface area contributed by atoms with Gasteiger partial charge in [-0.2, -0.15) is 0 Å². The Morgan fingerprint density at radius 1 is 0.946 bits per heavy atom. The first-order valence-electron chi connectivity index (χ1n) is 11.7. The number of ether oxygens (including phenoxy) is 3. The first kappa shape index (κ1) is 28.8. The van der Waals surface area contributed by atoms with E-state index in [0.29, 0.717) is 16.9 Å². The van der Waals surface area contributed by atoms with E-state index in [0.717, 1.165) is 4.90 Å². The second-order valence-electron chi connectivity index (χ2n) is 7.94. The van der Waals surface area contributed by atoms with Crippen LogP contribution in [0.15, 0.2) is 54.1 Å². The molecule has 0 aliphatic rings. The number of esters is 3. The molecule has 0 spiro atoms. The molecule has 0 saturated carbocycles. The Hall–Kier alpha value is -4.47. The Kier molecular flexibility index (Phi) is 10.6. The summed E-state index contributed by atoms with van der Waals surface area (Å²) in [5, 5.41) is 7.40.